The zero-order valence-corrected chi connectivity index (χ0v) is 13.7. The van der Waals surface area contributed by atoms with Crippen molar-refractivity contribution < 1.29 is 9.84 Å². The van der Waals surface area contributed by atoms with E-state index in [-0.39, 0.29) is 6.61 Å². The van der Waals surface area contributed by atoms with Crippen LogP contribution in [0.4, 0.5) is 0 Å². The number of aromatic nitrogens is 2. The Morgan fingerprint density at radius 3 is 2.70 bits per heavy atom. The van der Waals surface area contributed by atoms with Crippen LogP contribution >= 0.6 is 0 Å². The highest BCUT2D eigenvalue weighted by Gasteiger charge is 2.18. The highest BCUT2D eigenvalue weighted by atomic mass is 16.5. The number of para-hydroxylation sites is 1. The minimum Gasteiger partial charge on any atom is -0.389 e. The number of methoxy groups -OCH3 is 1. The lowest BCUT2D eigenvalue weighted by atomic mass is 10.2. The number of aryl methyl sites for hydroxylation is 1. The first kappa shape index (κ1) is 17.2. The van der Waals surface area contributed by atoms with Crippen molar-refractivity contribution >= 4 is 0 Å². The van der Waals surface area contributed by atoms with Gasteiger partial charge in [0, 0.05) is 20.2 Å². The number of nitriles is 1. The first-order valence-corrected chi connectivity index (χ1v) is 7.46. The van der Waals surface area contributed by atoms with Crippen LogP contribution in [0.3, 0.4) is 0 Å². The molecule has 23 heavy (non-hydrogen) atoms. The molecule has 0 radical (unpaired) electrons. The van der Waals surface area contributed by atoms with Crippen LogP contribution in [0, 0.1) is 18.3 Å². The molecule has 1 aromatic heterocycles. The van der Waals surface area contributed by atoms with Crippen LogP contribution in [0.5, 0.6) is 0 Å². The molecule has 0 saturated heterocycles. The SMILES string of the molecule is COCC(O)CN(C)Cc1c(C#N)c(C)nn1-c1ccccc1. The quantitative estimate of drug-likeness (QED) is 0.838. The Kier molecular flexibility index (Phi) is 5.88. The molecule has 0 aliphatic rings. The Balaban J connectivity index is 2.28. The lowest BCUT2D eigenvalue weighted by Crippen LogP contribution is -2.32. The molecule has 0 amide bonds. The zero-order valence-electron chi connectivity index (χ0n) is 13.7. The van der Waals surface area contributed by atoms with Crippen molar-refractivity contribution in [1.29, 1.82) is 5.26 Å². The molecule has 122 valence electrons. The van der Waals surface area contributed by atoms with Crippen LogP contribution in [0.2, 0.25) is 0 Å². The average Bonchev–Trinajstić information content (AvgIpc) is 2.83. The van der Waals surface area contributed by atoms with Crippen molar-refractivity contribution in [3.05, 3.63) is 47.3 Å². The number of likely N-dealkylation sites (N-methyl/N-ethyl adjacent to an activating group) is 1. The van der Waals surface area contributed by atoms with Gasteiger partial charge in [-0.3, -0.25) is 4.90 Å². The molecule has 1 aromatic carbocycles. The van der Waals surface area contributed by atoms with Gasteiger partial charge in [0.1, 0.15) is 6.07 Å². The Hall–Kier alpha value is -2.20. The van der Waals surface area contributed by atoms with Crippen LogP contribution in [0.15, 0.2) is 30.3 Å². The topological polar surface area (TPSA) is 74.3 Å². The van der Waals surface area contributed by atoms with Crippen LogP contribution < -0.4 is 0 Å². The summed E-state index contributed by atoms with van der Waals surface area (Å²) < 4.78 is 6.75. The van der Waals surface area contributed by atoms with E-state index in [0.717, 1.165) is 11.4 Å². The summed E-state index contributed by atoms with van der Waals surface area (Å²) >= 11 is 0. The number of aliphatic hydroxyl groups is 1. The fourth-order valence-electron chi connectivity index (χ4n) is 2.57. The van der Waals surface area contributed by atoms with Crippen LogP contribution in [0.25, 0.3) is 5.69 Å². The zero-order chi connectivity index (χ0) is 16.8. The number of rotatable bonds is 7. The summed E-state index contributed by atoms with van der Waals surface area (Å²) in [5.74, 6) is 0. The predicted octanol–water partition coefficient (Wildman–Crippen LogP) is 1.49. The summed E-state index contributed by atoms with van der Waals surface area (Å²) in [6, 6.07) is 12.0. The van der Waals surface area contributed by atoms with Gasteiger partial charge < -0.3 is 9.84 Å². The molecule has 2 rings (SSSR count). The Bertz CT molecular complexity index is 676. The molecule has 1 unspecified atom stereocenters. The van der Waals surface area contributed by atoms with Gasteiger partial charge in [0.2, 0.25) is 0 Å². The van der Waals surface area contributed by atoms with E-state index < -0.39 is 6.10 Å². The van der Waals surface area contributed by atoms with Crippen molar-refractivity contribution in [1.82, 2.24) is 14.7 Å². The molecule has 0 fully saturated rings. The third-order valence-corrected chi connectivity index (χ3v) is 3.57. The highest BCUT2D eigenvalue weighted by Crippen LogP contribution is 2.19. The molecule has 2 aromatic rings. The van der Waals surface area contributed by atoms with E-state index in [1.54, 1.807) is 11.8 Å². The molecule has 0 aliphatic carbocycles. The van der Waals surface area contributed by atoms with E-state index >= 15 is 0 Å². The minimum atomic E-state index is -0.565. The van der Waals surface area contributed by atoms with Gasteiger partial charge in [-0.1, -0.05) is 18.2 Å². The number of aliphatic hydroxyl groups excluding tert-OH is 1. The summed E-state index contributed by atoms with van der Waals surface area (Å²) in [5, 5.41) is 23.8. The molecule has 0 spiro atoms. The van der Waals surface area contributed by atoms with Gasteiger partial charge in [-0.2, -0.15) is 10.4 Å². The normalized spacial score (nSPS) is 12.3. The van der Waals surface area contributed by atoms with Gasteiger partial charge in [-0.15, -0.1) is 0 Å². The van der Waals surface area contributed by atoms with Crippen molar-refractivity contribution in [3.63, 3.8) is 0 Å². The van der Waals surface area contributed by atoms with Gasteiger partial charge >= 0.3 is 0 Å². The highest BCUT2D eigenvalue weighted by molar-refractivity contribution is 5.43. The average molecular weight is 314 g/mol. The molecule has 0 saturated carbocycles. The van der Waals surface area contributed by atoms with E-state index in [1.807, 2.05) is 49.2 Å². The van der Waals surface area contributed by atoms with Crippen molar-refractivity contribution in [2.45, 2.75) is 19.6 Å². The summed E-state index contributed by atoms with van der Waals surface area (Å²) in [6.45, 7) is 3.09. The van der Waals surface area contributed by atoms with Crippen molar-refractivity contribution in [2.75, 3.05) is 27.3 Å². The second-order valence-electron chi connectivity index (χ2n) is 5.57. The third kappa shape index (κ3) is 4.17. The number of nitrogens with zero attached hydrogens (tertiary/aromatic N) is 4. The molecule has 6 nitrogen and oxygen atoms in total. The number of ether oxygens (including phenoxy) is 1. The Labute approximate surface area is 136 Å². The molecule has 0 aliphatic heterocycles. The van der Waals surface area contributed by atoms with Gasteiger partial charge in [0.05, 0.1) is 35.3 Å². The van der Waals surface area contributed by atoms with E-state index in [1.165, 1.54) is 0 Å². The first-order valence-electron chi connectivity index (χ1n) is 7.46. The second kappa shape index (κ2) is 7.88. The third-order valence-electron chi connectivity index (χ3n) is 3.57. The second-order valence-corrected chi connectivity index (χ2v) is 5.57. The molecular formula is C17H22N4O2. The standard InChI is InChI=1S/C17H22N4O2/c1-13-16(9-18)17(11-20(2)10-15(22)12-23-3)21(19-13)14-7-5-4-6-8-14/h4-8,15,22H,10-12H2,1-3H3. The van der Waals surface area contributed by atoms with E-state index in [9.17, 15) is 10.4 Å². The maximum atomic E-state index is 9.86. The van der Waals surface area contributed by atoms with E-state index in [2.05, 4.69) is 11.2 Å². The summed E-state index contributed by atoms with van der Waals surface area (Å²) in [7, 11) is 3.46. The summed E-state index contributed by atoms with van der Waals surface area (Å²) in [6.07, 6.45) is -0.565. The first-order chi connectivity index (χ1) is 11.1. The molecule has 1 N–H and O–H groups in total. The van der Waals surface area contributed by atoms with Crippen molar-refractivity contribution in [3.8, 4) is 11.8 Å². The molecular weight excluding hydrogens is 292 g/mol. The number of hydrogen-bond acceptors (Lipinski definition) is 5. The lowest BCUT2D eigenvalue weighted by molar-refractivity contribution is 0.0415. The maximum absolute atomic E-state index is 9.86. The predicted molar refractivity (Wildman–Crippen MR) is 87.2 cm³/mol. The molecule has 0 bridgehead atoms. The van der Waals surface area contributed by atoms with E-state index in [4.69, 9.17) is 4.74 Å². The van der Waals surface area contributed by atoms with Gasteiger partial charge in [-0.05, 0) is 26.1 Å². The maximum Gasteiger partial charge on any atom is 0.103 e. The van der Waals surface area contributed by atoms with Gasteiger partial charge in [0.25, 0.3) is 0 Å². The van der Waals surface area contributed by atoms with Crippen LogP contribution in [-0.2, 0) is 11.3 Å². The lowest BCUT2D eigenvalue weighted by Gasteiger charge is -2.20. The molecule has 6 heteroatoms. The van der Waals surface area contributed by atoms with Crippen LogP contribution in [0.1, 0.15) is 17.0 Å². The molecule has 1 atom stereocenters. The van der Waals surface area contributed by atoms with Crippen LogP contribution in [-0.4, -0.2) is 53.2 Å². The fourth-order valence-corrected chi connectivity index (χ4v) is 2.57. The summed E-state index contributed by atoms with van der Waals surface area (Å²) in [4.78, 5) is 1.96. The largest absolute Gasteiger partial charge is 0.389 e. The summed E-state index contributed by atoms with van der Waals surface area (Å²) in [5.41, 5.74) is 3.03. The smallest absolute Gasteiger partial charge is 0.103 e. The Morgan fingerprint density at radius 2 is 2.09 bits per heavy atom. The number of benzene rings is 1. The fraction of sp³-hybridized carbons (Fsp3) is 0.412. The van der Waals surface area contributed by atoms with Gasteiger partial charge in [0.15, 0.2) is 0 Å². The Morgan fingerprint density at radius 1 is 1.39 bits per heavy atom. The number of hydrogen-bond donors (Lipinski definition) is 1. The van der Waals surface area contributed by atoms with Gasteiger partial charge in [-0.25, -0.2) is 4.68 Å². The molecule has 1 heterocycles. The van der Waals surface area contributed by atoms with E-state index in [0.29, 0.717) is 24.3 Å². The monoisotopic (exact) mass is 314 g/mol. The van der Waals surface area contributed by atoms with Crippen molar-refractivity contribution in [2.24, 2.45) is 0 Å². The minimum absolute atomic E-state index is 0.284.